The zero-order chi connectivity index (χ0) is 10.4. The molecule has 0 unspecified atom stereocenters. The van der Waals surface area contributed by atoms with Crippen molar-refractivity contribution in [2.75, 3.05) is 6.61 Å². The highest BCUT2D eigenvalue weighted by Crippen LogP contribution is 2.14. The van der Waals surface area contributed by atoms with Gasteiger partial charge in [0.05, 0.1) is 6.61 Å². The number of rotatable bonds is 5. The zero-order valence-corrected chi connectivity index (χ0v) is 8.88. The van der Waals surface area contributed by atoms with E-state index in [0.717, 1.165) is 11.3 Å². The first-order valence-corrected chi connectivity index (χ1v) is 5.00. The van der Waals surface area contributed by atoms with Crippen molar-refractivity contribution in [2.45, 2.75) is 19.8 Å². The number of hydrogen-bond acceptors (Lipinski definition) is 2. The fourth-order valence-electron chi connectivity index (χ4n) is 1.20. The van der Waals surface area contributed by atoms with E-state index in [-0.39, 0.29) is 5.24 Å². The number of carbonyl (C=O) groups is 1. The van der Waals surface area contributed by atoms with Gasteiger partial charge >= 0.3 is 0 Å². The van der Waals surface area contributed by atoms with Crippen LogP contribution in [0.4, 0.5) is 0 Å². The van der Waals surface area contributed by atoms with Gasteiger partial charge in [-0.3, -0.25) is 4.79 Å². The number of hydrogen-bond donors (Lipinski definition) is 0. The number of carbonyl (C=O) groups excluding carboxylic acids is 1. The Kier molecular flexibility index (Phi) is 4.47. The maximum atomic E-state index is 10.6. The first-order valence-electron chi connectivity index (χ1n) is 4.62. The summed E-state index contributed by atoms with van der Waals surface area (Å²) >= 11 is 5.26. The molecule has 0 aliphatic heterocycles. The molecule has 0 amide bonds. The molecule has 0 saturated carbocycles. The second kappa shape index (κ2) is 5.66. The fourth-order valence-corrected chi connectivity index (χ4v) is 1.29. The van der Waals surface area contributed by atoms with Crippen molar-refractivity contribution in [1.29, 1.82) is 0 Å². The largest absolute Gasteiger partial charge is 0.494 e. The Morgan fingerprint density at radius 3 is 2.93 bits per heavy atom. The third-order valence-corrected chi connectivity index (χ3v) is 2.01. The van der Waals surface area contributed by atoms with Crippen LogP contribution in [0, 0.1) is 0 Å². The van der Waals surface area contributed by atoms with Crippen LogP contribution in [0.25, 0.3) is 0 Å². The molecule has 1 aromatic carbocycles. The van der Waals surface area contributed by atoms with Gasteiger partial charge in [-0.2, -0.15) is 0 Å². The molecule has 0 heterocycles. The lowest BCUT2D eigenvalue weighted by Gasteiger charge is -2.04. The molecule has 76 valence electrons. The second-order valence-corrected chi connectivity index (χ2v) is 3.36. The molecule has 2 nitrogen and oxygen atoms in total. The van der Waals surface area contributed by atoms with Gasteiger partial charge in [0, 0.05) is 6.42 Å². The summed E-state index contributed by atoms with van der Waals surface area (Å²) < 4.78 is 5.34. The van der Waals surface area contributed by atoms with E-state index in [0.29, 0.717) is 19.4 Å². The average Bonchev–Trinajstić information content (AvgIpc) is 2.16. The summed E-state index contributed by atoms with van der Waals surface area (Å²) in [4.78, 5) is 10.6. The maximum absolute atomic E-state index is 10.6. The van der Waals surface area contributed by atoms with E-state index in [1.165, 1.54) is 0 Å². The van der Waals surface area contributed by atoms with Crippen molar-refractivity contribution >= 4 is 16.8 Å². The molecular weight excluding hydrogens is 200 g/mol. The standard InChI is InChI=1S/C11H13ClO2/c1-2-14-10-5-3-4-9(8-10)6-7-11(12)13/h3-5,8H,2,6-7H2,1H3. The third-order valence-electron chi connectivity index (χ3n) is 1.82. The lowest BCUT2D eigenvalue weighted by molar-refractivity contribution is -0.111. The normalized spacial score (nSPS) is 9.86. The molecule has 0 radical (unpaired) electrons. The van der Waals surface area contributed by atoms with E-state index in [1.54, 1.807) is 0 Å². The van der Waals surface area contributed by atoms with Gasteiger partial charge in [0.2, 0.25) is 5.24 Å². The van der Waals surface area contributed by atoms with Crippen molar-refractivity contribution in [1.82, 2.24) is 0 Å². The van der Waals surface area contributed by atoms with Crippen LogP contribution in [-0.4, -0.2) is 11.8 Å². The van der Waals surface area contributed by atoms with Crippen LogP contribution >= 0.6 is 11.6 Å². The van der Waals surface area contributed by atoms with Crippen LogP contribution in [-0.2, 0) is 11.2 Å². The molecular formula is C11H13ClO2. The molecule has 0 saturated heterocycles. The van der Waals surface area contributed by atoms with Crippen LogP contribution in [0.2, 0.25) is 0 Å². The van der Waals surface area contributed by atoms with Crippen LogP contribution < -0.4 is 4.74 Å². The van der Waals surface area contributed by atoms with Crippen molar-refractivity contribution in [3.63, 3.8) is 0 Å². The number of ether oxygens (including phenoxy) is 1. The molecule has 1 aromatic rings. The SMILES string of the molecule is CCOc1cccc(CCC(=O)Cl)c1. The maximum Gasteiger partial charge on any atom is 0.221 e. The topological polar surface area (TPSA) is 26.3 Å². The number of aryl methyl sites for hydroxylation is 1. The Morgan fingerprint density at radius 1 is 1.50 bits per heavy atom. The zero-order valence-electron chi connectivity index (χ0n) is 8.13. The predicted molar refractivity (Wildman–Crippen MR) is 56.8 cm³/mol. The molecule has 0 aromatic heterocycles. The lowest BCUT2D eigenvalue weighted by Crippen LogP contribution is -1.94. The summed E-state index contributed by atoms with van der Waals surface area (Å²) in [5, 5.41) is -0.299. The third kappa shape index (κ3) is 3.79. The Morgan fingerprint density at radius 2 is 2.29 bits per heavy atom. The fraction of sp³-hybridized carbons (Fsp3) is 0.364. The summed E-state index contributed by atoms with van der Waals surface area (Å²) in [6, 6.07) is 7.71. The van der Waals surface area contributed by atoms with Gasteiger partial charge < -0.3 is 4.74 Å². The number of benzene rings is 1. The Hall–Kier alpha value is -1.02. The van der Waals surface area contributed by atoms with Crippen molar-refractivity contribution < 1.29 is 9.53 Å². The Labute approximate surface area is 88.8 Å². The van der Waals surface area contributed by atoms with Crippen LogP contribution in [0.5, 0.6) is 5.75 Å². The van der Waals surface area contributed by atoms with Crippen molar-refractivity contribution in [3.8, 4) is 5.75 Å². The molecule has 0 bridgehead atoms. The smallest absolute Gasteiger partial charge is 0.221 e. The summed E-state index contributed by atoms with van der Waals surface area (Å²) in [6.45, 7) is 2.59. The van der Waals surface area contributed by atoms with Crippen LogP contribution in [0.15, 0.2) is 24.3 Å². The summed E-state index contributed by atoms with van der Waals surface area (Å²) in [6.07, 6.45) is 1.04. The molecule has 3 heteroatoms. The predicted octanol–water partition coefficient (Wildman–Crippen LogP) is 2.78. The highest BCUT2D eigenvalue weighted by molar-refractivity contribution is 6.63. The second-order valence-electron chi connectivity index (χ2n) is 2.94. The van der Waals surface area contributed by atoms with Crippen LogP contribution in [0.1, 0.15) is 18.9 Å². The first kappa shape index (κ1) is 11.1. The molecule has 0 aliphatic carbocycles. The summed E-state index contributed by atoms with van der Waals surface area (Å²) in [5.41, 5.74) is 1.07. The minimum absolute atomic E-state index is 0.299. The summed E-state index contributed by atoms with van der Waals surface area (Å²) in [5.74, 6) is 0.840. The van der Waals surface area contributed by atoms with E-state index < -0.39 is 0 Å². The van der Waals surface area contributed by atoms with Gasteiger partial charge in [-0.25, -0.2) is 0 Å². The van der Waals surface area contributed by atoms with Crippen molar-refractivity contribution in [2.24, 2.45) is 0 Å². The Bertz CT molecular complexity index is 310. The quantitative estimate of drug-likeness (QED) is 0.702. The summed E-state index contributed by atoms with van der Waals surface area (Å²) in [7, 11) is 0. The number of halogens is 1. The molecule has 14 heavy (non-hydrogen) atoms. The van der Waals surface area contributed by atoms with Gasteiger partial charge in [0.1, 0.15) is 5.75 Å². The minimum Gasteiger partial charge on any atom is -0.494 e. The van der Waals surface area contributed by atoms with E-state index in [2.05, 4.69) is 0 Å². The van der Waals surface area contributed by atoms with E-state index in [1.807, 2.05) is 31.2 Å². The highest BCUT2D eigenvalue weighted by atomic mass is 35.5. The molecule has 0 N–H and O–H groups in total. The first-order chi connectivity index (χ1) is 6.72. The highest BCUT2D eigenvalue weighted by Gasteiger charge is 1.99. The monoisotopic (exact) mass is 212 g/mol. The van der Waals surface area contributed by atoms with Gasteiger partial charge in [-0.15, -0.1) is 0 Å². The molecule has 1 rings (SSSR count). The van der Waals surface area contributed by atoms with Crippen LogP contribution in [0.3, 0.4) is 0 Å². The molecule has 0 fully saturated rings. The van der Waals surface area contributed by atoms with Gasteiger partial charge in [-0.05, 0) is 42.6 Å². The van der Waals surface area contributed by atoms with Gasteiger partial charge in [0.25, 0.3) is 0 Å². The van der Waals surface area contributed by atoms with Gasteiger partial charge in [-0.1, -0.05) is 12.1 Å². The Balaban J connectivity index is 2.58. The van der Waals surface area contributed by atoms with E-state index >= 15 is 0 Å². The molecule has 0 spiro atoms. The lowest BCUT2D eigenvalue weighted by atomic mass is 10.1. The minimum atomic E-state index is -0.299. The van der Waals surface area contributed by atoms with E-state index in [4.69, 9.17) is 16.3 Å². The van der Waals surface area contributed by atoms with Crippen molar-refractivity contribution in [3.05, 3.63) is 29.8 Å². The molecule has 0 atom stereocenters. The van der Waals surface area contributed by atoms with Gasteiger partial charge in [0.15, 0.2) is 0 Å². The van der Waals surface area contributed by atoms with E-state index in [9.17, 15) is 4.79 Å². The average molecular weight is 213 g/mol. The molecule has 0 aliphatic rings.